The minimum absolute atomic E-state index is 0. The Hall–Kier alpha value is 1.04. The average molecular weight is 349 g/mol. The van der Waals surface area contributed by atoms with Crippen LogP contribution in [0.15, 0.2) is 24.3 Å². The number of aliphatic carboxylic acids is 1. The number of carboxylic acids is 1. The number of hydrogen-bond acceptors (Lipinski definition) is 2. The monoisotopic (exact) mass is 349 g/mol. The Balaban J connectivity index is 0.00000225. The SMILES string of the molecule is O=C(O)C(Cc1cc[c-]cc1)NP(P)P.[Y]. The topological polar surface area (TPSA) is 49.3 Å². The summed E-state index contributed by atoms with van der Waals surface area (Å²) in [6, 6.07) is 9.71. The minimum atomic E-state index is -0.819. The van der Waals surface area contributed by atoms with Gasteiger partial charge in [0, 0.05) is 32.7 Å². The molecule has 0 saturated heterocycles. The van der Waals surface area contributed by atoms with E-state index in [-0.39, 0.29) is 32.7 Å². The van der Waals surface area contributed by atoms with Crippen LogP contribution in [0.3, 0.4) is 0 Å². The second kappa shape index (κ2) is 9.04. The number of hydrogen-bond donors (Lipinski definition) is 2. The molecule has 0 aliphatic rings. The molecule has 1 aromatic rings. The Labute approximate surface area is 126 Å². The molecule has 1 rings (SSSR count). The number of rotatable bonds is 5. The van der Waals surface area contributed by atoms with Gasteiger partial charge in [0.15, 0.2) is 0 Å². The van der Waals surface area contributed by atoms with E-state index < -0.39 is 19.5 Å². The normalized spacial score (nSPS) is 11.9. The Morgan fingerprint density at radius 2 is 2.06 bits per heavy atom. The Bertz CT molecular complexity index is 324. The summed E-state index contributed by atoms with van der Waals surface area (Å²) in [5, 5.41) is 12.0. The van der Waals surface area contributed by atoms with E-state index in [1.165, 1.54) is 0 Å². The van der Waals surface area contributed by atoms with Crippen molar-refractivity contribution >= 4 is 31.3 Å². The van der Waals surface area contributed by atoms with Crippen LogP contribution in [-0.4, -0.2) is 17.1 Å². The molecule has 85 valence electrons. The predicted molar refractivity (Wildman–Crippen MR) is 69.9 cm³/mol. The standard InChI is InChI=1S/C9H13NO2P3.Y/c11-9(12)8(10-15(13)14)6-7-4-2-1-3-5-7;/h2-5,8,10H,6,13-14H2,(H,11,12);/q-1;. The smallest absolute Gasteiger partial charge is 0.321 e. The van der Waals surface area contributed by atoms with Crippen molar-refractivity contribution in [3.63, 3.8) is 0 Å². The molecule has 3 nitrogen and oxygen atoms in total. The quantitative estimate of drug-likeness (QED) is 0.632. The Morgan fingerprint density at radius 3 is 2.50 bits per heavy atom. The van der Waals surface area contributed by atoms with Crippen molar-refractivity contribution < 1.29 is 42.6 Å². The summed E-state index contributed by atoms with van der Waals surface area (Å²) in [6.07, 6.45) is 0.492. The van der Waals surface area contributed by atoms with Crippen molar-refractivity contribution in [1.29, 1.82) is 0 Å². The molecule has 0 aromatic heterocycles. The molecule has 0 aliphatic heterocycles. The minimum Gasteiger partial charge on any atom is -0.480 e. The fraction of sp³-hybridized carbons (Fsp3) is 0.222. The third-order valence-corrected chi connectivity index (χ3v) is 3.33. The van der Waals surface area contributed by atoms with Crippen molar-refractivity contribution in [1.82, 2.24) is 5.09 Å². The summed E-state index contributed by atoms with van der Waals surface area (Å²) in [5.74, 6) is -0.819. The van der Waals surface area contributed by atoms with Crippen LogP contribution in [0.1, 0.15) is 5.56 Å². The largest absolute Gasteiger partial charge is 0.480 e. The molecule has 3 atom stereocenters. The first-order chi connectivity index (χ1) is 7.09. The molecule has 0 fully saturated rings. The van der Waals surface area contributed by atoms with Crippen molar-refractivity contribution in [2.75, 3.05) is 0 Å². The van der Waals surface area contributed by atoms with Crippen LogP contribution in [0, 0.1) is 6.07 Å². The molecule has 0 aliphatic carbocycles. The zero-order valence-electron chi connectivity index (χ0n) is 8.63. The number of carboxylic acid groups (broad SMARTS) is 1. The van der Waals surface area contributed by atoms with E-state index in [1.54, 1.807) is 12.1 Å². The van der Waals surface area contributed by atoms with Gasteiger partial charge in [0.1, 0.15) is 6.04 Å². The fourth-order valence-electron chi connectivity index (χ4n) is 1.16. The van der Waals surface area contributed by atoms with Gasteiger partial charge in [-0.05, 0) is 13.9 Å². The maximum atomic E-state index is 11.0. The fourth-order valence-corrected chi connectivity index (χ4v) is 2.80. The summed E-state index contributed by atoms with van der Waals surface area (Å²) in [7, 11) is 4.55. The van der Waals surface area contributed by atoms with Gasteiger partial charge < -0.3 is 5.11 Å². The van der Waals surface area contributed by atoms with E-state index in [2.05, 4.69) is 29.0 Å². The van der Waals surface area contributed by atoms with Gasteiger partial charge in [0.05, 0.1) is 0 Å². The third kappa shape index (κ3) is 6.70. The first-order valence-corrected chi connectivity index (χ1v) is 8.91. The molecule has 0 heterocycles. The second-order valence-corrected chi connectivity index (χ2v) is 9.24. The molecule has 1 aromatic carbocycles. The van der Waals surface area contributed by atoms with Crippen LogP contribution in [0.4, 0.5) is 0 Å². The van der Waals surface area contributed by atoms with Crippen LogP contribution in [0.2, 0.25) is 0 Å². The molecule has 3 unspecified atom stereocenters. The number of carbonyl (C=O) groups is 1. The molecule has 7 heteroatoms. The van der Waals surface area contributed by atoms with Gasteiger partial charge >= 0.3 is 5.97 Å². The van der Waals surface area contributed by atoms with E-state index in [0.717, 1.165) is 5.56 Å². The van der Waals surface area contributed by atoms with Crippen LogP contribution in [0.25, 0.3) is 0 Å². The summed E-state index contributed by atoms with van der Waals surface area (Å²) in [4.78, 5) is 11.0. The van der Waals surface area contributed by atoms with Crippen molar-refractivity contribution in [3.05, 3.63) is 35.9 Å². The first-order valence-electron chi connectivity index (χ1n) is 4.33. The van der Waals surface area contributed by atoms with Crippen LogP contribution in [0.5, 0.6) is 0 Å². The van der Waals surface area contributed by atoms with Gasteiger partial charge in [0.2, 0.25) is 0 Å². The molecule has 0 saturated carbocycles. The number of nitrogens with one attached hydrogen (secondary N) is 1. The van der Waals surface area contributed by atoms with E-state index in [1.807, 2.05) is 12.1 Å². The van der Waals surface area contributed by atoms with E-state index in [0.29, 0.717) is 6.42 Å². The van der Waals surface area contributed by atoms with Gasteiger partial charge in [0.25, 0.3) is 0 Å². The summed E-state index contributed by atoms with van der Waals surface area (Å²) < 4.78 is 0. The molecule has 1 radical (unpaired) electrons. The molecule has 0 bridgehead atoms. The average Bonchev–Trinajstić information content (AvgIpc) is 2.17. The van der Waals surface area contributed by atoms with Gasteiger partial charge in [-0.1, -0.05) is 17.9 Å². The first kappa shape index (κ1) is 17.0. The van der Waals surface area contributed by atoms with Crippen molar-refractivity contribution in [3.8, 4) is 0 Å². The number of benzene rings is 1. The van der Waals surface area contributed by atoms with E-state index >= 15 is 0 Å². The van der Waals surface area contributed by atoms with Crippen molar-refractivity contribution in [2.24, 2.45) is 0 Å². The Kier molecular flexibility index (Phi) is 9.63. The van der Waals surface area contributed by atoms with Gasteiger partial charge in [-0.3, -0.25) is 9.88 Å². The van der Waals surface area contributed by atoms with Gasteiger partial charge in [-0.25, -0.2) is 0 Å². The molecular weight excluding hydrogens is 336 g/mol. The Morgan fingerprint density at radius 1 is 1.50 bits per heavy atom. The second-order valence-electron chi connectivity index (χ2n) is 3.04. The van der Waals surface area contributed by atoms with Crippen LogP contribution < -0.4 is 5.09 Å². The van der Waals surface area contributed by atoms with Crippen LogP contribution in [-0.2, 0) is 43.9 Å². The zero-order valence-corrected chi connectivity index (χ0v) is 14.7. The molecular formula is C9H13NO2P3Y-. The summed E-state index contributed by atoms with van der Waals surface area (Å²) in [6.45, 7) is 0. The molecule has 0 spiro atoms. The van der Waals surface area contributed by atoms with Crippen molar-refractivity contribution in [2.45, 2.75) is 12.5 Å². The molecule has 16 heavy (non-hydrogen) atoms. The maximum Gasteiger partial charge on any atom is 0.321 e. The maximum absolute atomic E-state index is 11.0. The van der Waals surface area contributed by atoms with E-state index in [4.69, 9.17) is 5.11 Å². The zero-order chi connectivity index (χ0) is 11.3. The molecule has 0 amide bonds. The predicted octanol–water partition coefficient (Wildman–Crippen LogP) is 2.05. The van der Waals surface area contributed by atoms with Gasteiger partial charge in [-0.2, -0.15) is 35.9 Å². The van der Waals surface area contributed by atoms with E-state index in [9.17, 15) is 4.79 Å². The molecule has 2 N–H and O–H groups in total. The summed E-state index contributed by atoms with van der Waals surface area (Å²) in [5.41, 5.74) is 1.00. The third-order valence-electron chi connectivity index (χ3n) is 1.83. The van der Waals surface area contributed by atoms with Gasteiger partial charge in [-0.15, -0.1) is 0 Å². The summed E-state index contributed by atoms with van der Waals surface area (Å²) >= 11 is 0. The van der Waals surface area contributed by atoms with Crippen LogP contribution >= 0.6 is 25.3 Å².